The number of hydrogen-bond donors (Lipinski definition) is 0. The molecular weight excluding hydrogens is 414 g/mol. The molecule has 0 saturated carbocycles. The van der Waals surface area contributed by atoms with E-state index in [-0.39, 0.29) is 28.7 Å². The van der Waals surface area contributed by atoms with Crippen LogP contribution in [0, 0.1) is 0 Å². The lowest BCUT2D eigenvalue weighted by Gasteiger charge is -2.36. The van der Waals surface area contributed by atoms with Crippen molar-refractivity contribution in [2.24, 2.45) is 0 Å². The van der Waals surface area contributed by atoms with Crippen molar-refractivity contribution in [1.82, 2.24) is 0 Å². The lowest BCUT2D eigenvalue weighted by Crippen LogP contribution is -2.54. The first-order valence-corrected chi connectivity index (χ1v) is 11.3. The zero-order chi connectivity index (χ0) is 22.0. The first kappa shape index (κ1) is 20.6. The van der Waals surface area contributed by atoms with Crippen LogP contribution in [0.4, 0.5) is 21.9 Å². The third-order valence-electron chi connectivity index (χ3n) is 5.05. The van der Waals surface area contributed by atoms with Gasteiger partial charge >= 0.3 is 6.03 Å². The zero-order valence-electron chi connectivity index (χ0n) is 16.9. The summed E-state index contributed by atoms with van der Waals surface area (Å²) < 4.78 is 27.2. The van der Waals surface area contributed by atoms with Crippen molar-refractivity contribution in [2.75, 3.05) is 27.2 Å². The van der Waals surface area contributed by atoms with Gasteiger partial charge in [0.25, 0.3) is 10.0 Å². The Bertz CT molecular complexity index is 1210. The Kier molecular flexibility index (Phi) is 5.48. The molecule has 0 N–H and O–H groups in total. The standard InChI is InChI=1S/C23H21N3O4S/c1-2-24(18-11-5-3-6-12-18)22(27)17-25-20-15-9-10-16-21(20)31(29,30)26(23(25)28)19-13-7-4-8-14-19/h3-16H,2,17H2,1H3. The van der Waals surface area contributed by atoms with E-state index >= 15 is 0 Å². The van der Waals surface area contributed by atoms with Gasteiger partial charge in [-0.2, -0.15) is 4.31 Å². The van der Waals surface area contributed by atoms with E-state index in [0.29, 0.717) is 12.2 Å². The van der Waals surface area contributed by atoms with Crippen LogP contribution in [0.1, 0.15) is 6.92 Å². The molecule has 0 bridgehead atoms. The third-order valence-corrected chi connectivity index (χ3v) is 6.80. The summed E-state index contributed by atoms with van der Waals surface area (Å²) in [7, 11) is -4.11. The van der Waals surface area contributed by atoms with Crippen LogP contribution in [0.25, 0.3) is 0 Å². The number of para-hydroxylation sites is 3. The van der Waals surface area contributed by atoms with E-state index in [1.165, 1.54) is 11.0 Å². The molecule has 4 rings (SSSR count). The summed E-state index contributed by atoms with van der Waals surface area (Å²) in [4.78, 5) is 29.3. The second-order valence-corrected chi connectivity index (χ2v) is 8.67. The topological polar surface area (TPSA) is 78.0 Å². The number of likely N-dealkylation sites (N-methyl/N-ethyl adjacent to an activating group) is 1. The monoisotopic (exact) mass is 435 g/mol. The molecule has 7 nitrogen and oxygen atoms in total. The average molecular weight is 436 g/mol. The molecule has 3 aromatic carbocycles. The smallest absolute Gasteiger partial charge is 0.311 e. The summed E-state index contributed by atoms with van der Waals surface area (Å²) in [6.07, 6.45) is 0. The lowest BCUT2D eigenvalue weighted by atomic mass is 10.2. The largest absolute Gasteiger partial charge is 0.343 e. The van der Waals surface area contributed by atoms with Crippen molar-refractivity contribution < 1.29 is 18.0 Å². The molecular formula is C23H21N3O4S. The van der Waals surface area contributed by atoms with E-state index in [2.05, 4.69) is 0 Å². The van der Waals surface area contributed by atoms with Crippen LogP contribution < -0.4 is 14.1 Å². The molecule has 0 radical (unpaired) electrons. The van der Waals surface area contributed by atoms with Crippen LogP contribution in [0.15, 0.2) is 89.8 Å². The highest BCUT2D eigenvalue weighted by Gasteiger charge is 2.43. The number of urea groups is 1. The molecule has 158 valence electrons. The minimum Gasteiger partial charge on any atom is -0.311 e. The number of amides is 3. The van der Waals surface area contributed by atoms with Crippen molar-refractivity contribution in [1.29, 1.82) is 0 Å². The van der Waals surface area contributed by atoms with Crippen LogP contribution in [0.5, 0.6) is 0 Å². The highest BCUT2D eigenvalue weighted by atomic mass is 32.2. The minimum atomic E-state index is -4.11. The molecule has 31 heavy (non-hydrogen) atoms. The van der Waals surface area contributed by atoms with Gasteiger partial charge in [0.05, 0.1) is 11.4 Å². The van der Waals surface area contributed by atoms with Gasteiger partial charge in [-0.05, 0) is 43.3 Å². The van der Waals surface area contributed by atoms with Crippen LogP contribution in [-0.2, 0) is 14.8 Å². The van der Waals surface area contributed by atoms with E-state index in [0.717, 1.165) is 4.31 Å². The van der Waals surface area contributed by atoms with Gasteiger partial charge in [0.15, 0.2) is 0 Å². The zero-order valence-corrected chi connectivity index (χ0v) is 17.7. The van der Waals surface area contributed by atoms with Crippen LogP contribution in [0.2, 0.25) is 0 Å². The average Bonchev–Trinajstić information content (AvgIpc) is 2.78. The van der Waals surface area contributed by atoms with Gasteiger partial charge < -0.3 is 4.90 Å². The van der Waals surface area contributed by atoms with Gasteiger partial charge in [0.2, 0.25) is 5.91 Å². The molecule has 0 fully saturated rings. The Labute approximate surface area is 181 Å². The molecule has 3 aromatic rings. The predicted molar refractivity (Wildman–Crippen MR) is 120 cm³/mol. The van der Waals surface area contributed by atoms with Gasteiger partial charge in [-0.1, -0.05) is 48.5 Å². The number of anilines is 3. The summed E-state index contributed by atoms with van der Waals surface area (Å²) in [5.41, 5.74) is 1.12. The van der Waals surface area contributed by atoms with Crippen molar-refractivity contribution >= 4 is 39.0 Å². The summed E-state index contributed by atoms with van der Waals surface area (Å²) in [6.45, 7) is 1.96. The lowest BCUT2D eigenvalue weighted by molar-refractivity contribution is -0.117. The Hall–Kier alpha value is -3.65. The van der Waals surface area contributed by atoms with Gasteiger partial charge in [0.1, 0.15) is 11.4 Å². The molecule has 1 aliphatic heterocycles. The SMILES string of the molecule is CCN(C(=O)CN1C(=O)N(c2ccccc2)S(=O)(=O)c2ccccc21)c1ccccc1. The second-order valence-electron chi connectivity index (χ2n) is 6.91. The molecule has 0 saturated heterocycles. The Morgan fingerprint density at radius 3 is 2.10 bits per heavy atom. The number of rotatable bonds is 5. The molecule has 0 aliphatic carbocycles. The van der Waals surface area contributed by atoms with Crippen molar-refractivity contribution in [3.63, 3.8) is 0 Å². The van der Waals surface area contributed by atoms with E-state index in [1.54, 1.807) is 53.4 Å². The maximum atomic E-state index is 13.4. The molecule has 0 atom stereocenters. The quantitative estimate of drug-likeness (QED) is 0.609. The fourth-order valence-corrected chi connectivity index (χ4v) is 5.20. The Balaban J connectivity index is 1.76. The number of sulfonamides is 1. The molecule has 0 aromatic heterocycles. The van der Waals surface area contributed by atoms with Crippen LogP contribution >= 0.6 is 0 Å². The molecule has 1 heterocycles. The molecule has 1 aliphatic rings. The highest BCUT2D eigenvalue weighted by molar-refractivity contribution is 7.94. The van der Waals surface area contributed by atoms with Crippen molar-refractivity contribution in [3.8, 4) is 0 Å². The Morgan fingerprint density at radius 1 is 0.871 bits per heavy atom. The van der Waals surface area contributed by atoms with E-state index in [1.807, 2.05) is 37.3 Å². The number of fused-ring (bicyclic) bond motifs is 1. The fraction of sp³-hybridized carbons (Fsp3) is 0.130. The maximum Gasteiger partial charge on any atom is 0.343 e. The fourth-order valence-electron chi connectivity index (χ4n) is 3.61. The minimum absolute atomic E-state index is 0.0194. The van der Waals surface area contributed by atoms with Crippen molar-refractivity contribution in [3.05, 3.63) is 84.9 Å². The summed E-state index contributed by atoms with van der Waals surface area (Å²) >= 11 is 0. The normalized spacial score (nSPS) is 14.8. The highest BCUT2D eigenvalue weighted by Crippen LogP contribution is 2.37. The van der Waals surface area contributed by atoms with Crippen LogP contribution in [0.3, 0.4) is 0 Å². The summed E-state index contributed by atoms with van der Waals surface area (Å²) in [5.74, 6) is -0.316. The van der Waals surface area contributed by atoms with E-state index < -0.39 is 16.1 Å². The number of benzene rings is 3. The number of nitrogens with zero attached hydrogens (tertiary/aromatic N) is 3. The van der Waals surface area contributed by atoms with Gasteiger partial charge in [-0.3, -0.25) is 9.69 Å². The van der Waals surface area contributed by atoms with Gasteiger partial charge in [-0.25, -0.2) is 13.2 Å². The van der Waals surface area contributed by atoms with Gasteiger partial charge in [-0.15, -0.1) is 0 Å². The number of hydrogen-bond acceptors (Lipinski definition) is 4. The van der Waals surface area contributed by atoms with E-state index in [9.17, 15) is 18.0 Å². The van der Waals surface area contributed by atoms with Crippen LogP contribution in [-0.4, -0.2) is 33.4 Å². The van der Waals surface area contributed by atoms with Gasteiger partial charge in [0, 0.05) is 12.2 Å². The summed E-state index contributed by atoms with van der Waals surface area (Å²) in [5, 5.41) is 0. The molecule has 3 amide bonds. The Morgan fingerprint density at radius 2 is 1.45 bits per heavy atom. The third kappa shape index (κ3) is 3.66. The first-order valence-electron chi connectivity index (χ1n) is 9.81. The van der Waals surface area contributed by atoms with E-state index in [4.69, 9.17) is 0 Å². The molecule has 0 unspecified atom stereocenters. The number of carbonyl (C=O) groups excluding carboxylic acids is 2. The summed E-state index contributed by atoms with van der Waals surface area (Å²) in [6, 6.07) is 22.7. The second kappa shape index (κ2) is 8.23. The molecule has 8 heteroatoms. The molecule has 0 spiro atoms. The number of carbonyl (C=O) groups is 2. The maximum absolute atomic E-state index is 13.4. The predicted octanol–water partition coefficient (Wildman–Crippen LogP) is 3.88. The first-order chi connectivity index (χ1) is 14.9. The van der Waals surface area contributed by atoms with Crippen molar-refractivity contribution in [2.45, 2.75) is 11.8 Å².